The summed E-state index contributed by atoms with van der Waals surface area (Å²) >= 11 is 1.53. The van der Waals surface area contributed by atoms with Gasteiger partial charge in [-0.25, -0.2) is 4.98 Å². The predicted molar refractivity (Wildman–Crippen MR) is 60.0 cm³/mol. The first-order chi connectivity index (χ1) is 7.15. The molecular formula is C9H15N3O2S. The van der Waals surface area contributed by atoms with Crippen molar-refractivity contribution < 1.29 is 9.84 Å². The van der Waals surface area contributed by atoms with Crippen LogP contribution in [0.1, 0.15) is 6.92 Å². The van der Waals surface area contributed by atoms with E-state index in [0.29, 0.717) is 5.88 Å². The summed E-state index contributed by atoms with van der Waals surface area (Å²) in [6.45, 7) is 2.14. The van der Waals surface area contributed by atoms with E-state index in [-0.39, 0.29) is 18.5 Å². The Morgan fingerprint density at radius 1 is 1.60 bits per heavy atom. The molecule has 0 aliphatic carbocycles. The Hall–Kier alpha value is -1.01. The third kappa shape index (κ3) is 3.93. The molecule has 1 heterocycles. The highest BCUT2D eigenvalue weighted by molar-refractivity contribution is 7.99. The predicted octanol–water partition coefficient (Wildman–Crippen LogP) is 0.788. The largest absolute Gasteiger partial charge is 0.481 e. The molecule has 1 aromatic heterocycles. The maximum atomic E-state index is 8.87. The van der Waals surface area contributed by atoms with Crippen LogP contribution < -0.4 is 10.5 Å². The normalized spacial score (nSPS) is 12.5. The minimum Gasteiger partial charge on any atom is -0.481 e. The molecule has 1 atom stereocenters. The average Bonchev–Trinajstić information content (AvgIpc) is 2.25. The summed E-state index contributed by atoms with van der Waals surface area (Å²) in [5.74, 6) is 1.68. The summed E-state index contributed by atoms with van der Waals surface area (Å²) in [6, 6.07) is 1.73. The van der Waals surface area contributed by atoms with E-state index in [1.54, 1.807) is 6.07 Å². The van der Waals surface area contributed by atoms with Gasteiger partial charge in [-0.3, -0.25) is 0 Å². The van der Waals surface area contributed by atoms with Gasteiger partial charge in [0.15, 0.2) is 0 Å². The summed E-state index contributed by atoms with van der Waals surface area (Å²) < 4.78 is 4.97. The molecule has 0 bridgehead atoms. The number of nitrogens with zero attached hydrogens (tertiary/aromatic N) is 2. The molecule has 1 unspecified atom stereocenters. The Morgan fingerprint density at radius 2 is 2.33 bits per heavy atom. The van der Waals surface area contributed by atoms with Crippen LogP contribution >= 0.6 is 11.8 Å². The van der Waals surface area contributed by atoms with E-state index in [1.165, 1.54) is 18.9 Å². The highest BCUT2D eigenvalue weighted by Crippen LogP contribution is 2.22. The Bertz CT molecular complexity index is 322. The third-order valence-corrected chi connectivity index (χ3v) is 2.97. The molecule has 0 saturated carbocycles. The molecule has 5 nitrogen and oxygen atoms in total. The fourth-order valence-corrected chi connectivity index (χ4v) is 1.78. The molecule has 6 heteroatoms. The van der Waals surface area contributed by atoms with Crippen molar-refractivity contribution in [3.8, 4) is 5.88 Å². The quantitative estimate of drug-likeness (QED) is 0.574. The van der Waals surface area contributed by atoms with Gasteiger partial charge in [0.2, 0.25) is 11.8 Å². The number of hydrogen-bond donors (Lipinski definition) is 2. The second-order valence-corrected chi connectivity index (χ2v) is 4.25. The molecule has 0 aromatic carbocycles. The van der Waals surface area contributed by atoms with Crippen molar-refractivity contribution in [1.29, 1.82) is 0 Å². The Labute approximate surface area is 93.1 Å². The maximum Gasteiger partial charge on any atom is 0.224 e. The molecule has 0 saturated heterocycles. The van der Waals surface area contributed by atoms with Crippen LogP contribution in [0.15, 0.2) is 11.1 Å². The van der Waals surface area contributed by atoms with Gasteiger partial charge in [0, 0.05) is 18.4 Å². The zero-order valence-corrected chi connectivity index (χ0v) is 9.62. The number of anilines is 1. The number of ether oxygens (including phenoxy) is 1. The summed E-state index contributed by atoms with van der Waals surface area (Å²) in [5, 5.41) is 9.64. The van der Waals surface area contributed by atoms with Gasteiger partial charge in [-0.1, -0.05) is 6.92 Å². The monoisotopic (exact) mass is 229 g/mol. The molecular weight excluding hydrogens is 214 g/mol. The standard InChI is InChI=1S/C9H15N3O2S/c1-6(4-13)5-15-8-3-7(14-2)11-9(10)12-8/h3,6,13H,4-5H2,1-2H3,(H2,10,11,12). The molecule has 0 aliphatic rings. The van der Waals surface area contributed by atoms with Gasteiger partial charge in [-0.2, -0.15) is 4.98 Å². The zero-order chi connectivity index (χ0) is 11.3. The minimum absolute atomic E-state index is 0.171. The van der Waals surface area contributed by atoms with Crippen molar-refractivity contribution in [1.82, 2.24) is 9.97 Å². The zero-order valence-electron chi connectivity index (χ0n) is 8.80. The number of hydrogen-bond acceptors (Lipinski definition) is 6. The number of rotatable bonds is 5. The minimum atomic E-state index is 0.171. The number of thioether (sulfide) groups is 1. The topological polar surface area (TPSA) is 81.3 Å². The van der Waals surface area contributed by atoms with Gasteiger partial charge in [0.1, 0.15) is 5.03 Å². The smallest absolute Gasteiger partial charge is 0.224 e. The van der Waals surface area contributed by atoms with E-state index in [2.05, 4.69) is 9.97 Å². The van der Waals surface area contributed by atoms with E-state index in [0.717, 1.165) is 10.8 Å². The lowest BCUT2D eigenvalue weighted by atomic mass is 10.2. The first kappa shape index (κ1) is 12.1. The molecule has 0 spiro atoms. The lowest BCUT2D eigenvalue weighted by molar-refractivity contribution is 0.250. The first-order valence-electron chi connectivity index (χ1n) is 4.58. The van der Waals surface area contributed by atoms with Crippen molar-refractivity contribution in [3.63, 3.8) is 0 Å². The molecule has 15 heavy (non-hydrogen) atoms. The summed E-state index contributed by atoms with van der Waals surface area (Å²) in [4.78, 5) is 7.94. The summed E-state index contributed by atoms with van der Waals surface area (Å²) in [6.07, 6.45) is 0. The fraction of sp³-hybridized carbons (Fsp3) is 0.556. The van der Waals surface area contributed by atoms with Crippen LogP contribution in [0.25, 0.3) is 0 Å². The van der Waals surface area contributed by atoms with Crippen molar-refractivity contribution in [2.75, 3.05) is 25.2 Å². The third-order valence-electron chi connectivity index (χ3n) is 1.73. The molecule has 0 aliphatic heterocycles. The highest BCUT2D eigenvalue weighted by Gasteiger charge is 2.05. The second-order valence-electron chi connectivity index (χ2n) is 3.21. The van der Waals surface area contributed by atoms with Crippen LogP contribution in [0.3, 0.4) is 0 Å². The number of methoxy groups -OCH3 is 1. The fourth-order valence-electron chi connectivity index (χ4n) is 0.880. The second kappa shape index (κ2) is 5.77. The molecule has 0 amide bonds. The molecule has 0 fully saturated rings. The lowest BCUT2D eigenvalue weighted by Crippen LogP contribution is -2.04. The van der Waals surface area contributed by atoms with Crippen LogP contribution in [-0.2, 0) is 0 Å². The van der Waals surface area contributed by atoms with Crippen molar-refractivity contribution in [3.05, 3.63) is 6.07 Å². The van der Waals surface area contributed by atoms with E-state index >= 15 is 0 Å². The van der Waals surface area contributed by atoms with Gasteiger partial charge in [0.25, 0.3) is 0 Å². The number of aliphatic hydroxyl groups is 1. The van der Waals surface area contributed by atoms with Gasteiger partial charge in [0.05, 0.1) is 7.11 Å². The Kier molecular flexibility index (Phi) is 4.64. The number of nitrogens with two attached hydrogens (primary N) is 1. The molecule has 0 radical (unpaired) electrons. The van der Waals surface area contributed by atoms with E-state index in [9.17, 15) is 0 Å². The van der Waals surface area contributed by atoms with Crippen LogP contribution in [0.2, 0.25) is 0 Å². The Balaban J connectivity index is 2.64. The summed E-state index contributed by atoms with van der Waals surface area (Å²) in [7, 11) is 1.53. The van der Waals surface area contributed by atoms with Gasteiger partial charge in [-0.15, -0.1) is 11.8 Å². The summed E-state index contributed by atoms with van der Waals surface area (Å²) in [5.41, 5.74) is 5.51. The van der Waals surface area contributed by atoms with Crippen LogP contribution in [-0.4, -0.2) is 34.5 Å². The van der Waals surface area contributed by atoms with E-state index in [1.807, 2.05) is 6.92 Å². The van der Waals surface area contributed by atoms with Crippen molar-refractivity contribution in [2.45, 2.75) is 11.9 Å². The van der Waals surface area contributed by atoms with Gasteiger partial charge in [-0.05, 0) is 5.92 Å². The molecule has 3 N–H and O–H groups in total. The molecule has 1 aromatic rings. The van der Waals surface area contributed by atoms with Crippen molar-refractivity contribution >= 4 is 17.7 Å². The highest BCUT2D eigenvalue weighted by atomic mass is 32.2. The van der Waals surface area contributed by atoms with E-state index < -0.39 is 0 Å². The van der Waals surface area contributed by atoms with Gasteiger partial charge < -0.3 is 15.6 Å². The molecule has 84 valence electrons. The average molecular weight is 229 g/mol. The van der Waals surface area contributed by atoms with Gasteiger partial charge >= 0.3 is 0 Å². The van der Waals surface area contributed by atoms with E-state index in [4.69, 9.17) is 15.6 Å². The van der Waals surface area contributed by atoms with Crippen LogP contribution in [0.4, 0.5) is 5.95 Å². The number of aromatic nitrogens is 2. The lowest BCUT2D eigenvalue weighted by Gasteiger charge is -2.07. The number of aliphatic hydroxyl groups excluding tert-OH is 1. The van der Waals surface area contributed by atoms with Crippen LogP contribution in [0, 0.1) is 5.92 Å². The Morgan fingerprint density at radius 3 is 2.93 bits per heavy atom. The van der Waals surface area contributed by atoms with Crippen LogP contribution in [0.5, 0.6) is 5.88 Å². The van der Waals surface area contributed by atoms with Crippen molar-refractivity contribution in [2.24, 2.45) is 5.92 Å². The number of nitrogen functional groups attached to an aromatic ring is 1. The maximum absolute atomic E-state index is 8.87. The molecule has 1 rings (SSSR count). The SMILES string of the molecule is COc1cc(SCC(C)CO)nc(N)n1. The first-order valence-corrected chi connectivity index (χ1v) is 5.56.